The first-order valence-corrected chi connectivity index (χ1v) is 5.52. The van der Waals surface area contributed by atoms with Crippen molar-refractivity contribution < 1.29 is 5.11 Å². The van der Waals surface area contributed by atoms with E-state index in [1.54, 1.807) is 0 Å². The summed E-state index contributed by atoms with van der Waals surface area (Å²) in [5.41, 5.74) is 1.26. The molecule has 1 rings (SSSR count). The molecule has 0 saturated heterocycles. The van der Waals surface area contributed by atoms with Crippen LogP contribution in [0.5, 0.6) is 0 Å². The lowest BCUT2D eigenvalue weighted by atomic mass is 9.89. The number of rotatable bonds is 5. The summed E-state index contributed by atoms with van der Waals surface area (Å²) in [5, 5.41) is 9.96. The normalized spacial score (nSPS) is 15.1. The Bertz CT molecular complexity index is 243. The minimum Gasteiger partial charge on any atom is -0.392 e. The van der Waals surface area contributed by atoms with Gasteiger partial charge in [-0.15, -0.1) is 0 Å². The van der Waals surface area contributed by atoms with Crippen molar-refractivity contribution in [3.05, 3.63) is 35.9 Å². The number of aliphatic hydroxyl groups excluding tert-OH is 1. The van der Waals surface area contributed by atoms with Gasteiger partial charge in [-0.2, -0.15) is 0 Å². The molecule has 0 aromatic heterocycles. The van der Waals surface area contributed by atoms with Gasteiger partial charge < -0.3 is 5.11 Å². The molecule has 2 unspecified atom stereocenters. The molecule has 0 aliphatic rings. The van der Waals surface area contributed by atoms with E-state index >= 15 is 0 Å². The zero-order valence-corrected chi connectivity index (χ0v) is 9.11. The lowest BCUT2D eigenvalue weighted by Crippen LogP contribution is -2.17. The third kappa shape index (κ3) is 2.85. The van der Waals surface area contributed by atoms with Gasteiger partial charge in [-0.1, -0.05) is 50.6 Å². The maximum atomic E-state index is 9.96. The lowest BCUT2D eigenvalue weighted by molar-refractivity contribution is 0.130. The molecular weight excluding hydrogens is 172 g/mol. The van der Waals surface area contributed by atoms with Crippen LogP contribution in [-0.4, -0.2) is 11.2 Å². The molecule has 1 aromatic rings. The standard InChI is InChI=1S/C13H20O/c1-3-8-13(14)12(4-2)11-9-6-5-7-10-11/h5-7,9-10,12-14H,3-4,8H2,1-2H3. The van der Waals surface area contributed by atoms with E-state index in [1.807, 2.05) is 18.2 Å². The predicted octanol–water partition coefficient (Wildman–Crippen LogP) is 3.34. The Kier molecular flexibility index (Phi) is 4.68. The molecule has 1 aromatic carbocycles. The molecule has 0 radical (unpaired) electrons. The minimum atomic E-state index is -0.188. The Morgan fingerprint density at radius 3 is 2.29 bits per heavy atom. The fourth-order valence-corrected chi connectivity index (χ4v) is 1.93. The topological polar surface area (TPSA) is 20.2 Å². The van der Waals surface area contributed by atoms with Gasteiger partial charge in [0.2, 0.25) is 0 Å². The van der Waals surface area contributed by atoms with E-state index in [1.165, 1.54) is 5.56 Å². The Labute approximate surface area is 86.8 Å². The second-order valence-electron chi connectivity index (χ2n) is 3.78. The second kappa shape index (κ2) is 5.82. The van der Waals surface area contributed by atoms with Crippen molar-refractivity contribution in [1.29, 1.82) is 0 Å². The minimum absolute atomic E-state index is 0.188. The van der Waals surface area contributed by atoms with Crippen LogP contribution in [0.3, 0.4) is 0 Å². The first kappa shape index (κ1) is 11.3. The van der Waals surface area contributed by atoms with Gasteiger partial charge in [-0.05, 0) is 18.4 Å². The first-order chi connectivity index (χ1) is 6.79. The highest BCUT2D eigenvalue weighted by atomic mass is 16.3. The molecule has 1 N–H and O–H groups in total. The molecule has 0 amide bonds. The molecule has 1 nitrogen and oxygen atoms in total. The van der Waals surface area contributed by atoms with Crippen LogP contribution in [0.15, 0.2) is 30.3 Å². The third-order valence-electron chi connectivity index (χ3n) is 2.72. The fourth-order valence-electron chi connectivity index (χ4n) is 1.93. The van der Waals surface area contributed by atoms with Crippen molar-refractivity contribution in [2.75, 3.05) is 0 Å². The Hall–Kier alpha value is -0.820. The van der Waals surface area contributed by atoms with E-state index in [4.69, 9.17) is 0 Å². The monoisotopic (exact) mass is 192 g/mol. The van der Waals surface area contributed by atoms with E-state index in [2.05, 4.69) is 26.0 Å². The predicted molar refractivity (Wildman–Crippen MR) is 60.4 cm³/mol. The maximum Gasteiger partial charge on any atom is 0.0608 e. The molecule has 1 heteroatoms. The average molecular weight is 192 g/mol. The second-order valence-corrected chi connectivity index (χ2v) is 3.78. The van der Waals surface area contributed by atoms with Crippen LogP contribution >= 0.6 is 0 Å². The van der Waals surface area contributed by atoms with Gasteiger partial charge in [0.15, 0.2) is 0 Å². The summed E-state index contributed by atoms with van der Waals surface area (Å²) in [6.07, 6.45) is 2.76. The molecular formula is C13H20O. The van der Waals surface area contributed by atoms with Crippen molar-refractivity contribution in [2.24, 2.45) is 0 Å². The maximum absolute atomic E-state index is 9.96. The largest absolute Gasteiger partial charge is 0.392 e. The summed E-state index contributed by atoms with van der Waals surface area (Å²) in [5.74, 6) is 0.302. The van der Waals surface area contributed by atoms with Crippen LogP contribution in [0.1, 0.15) is 44.6 Å². The number of hydrogen-bond acceptors (Lipinski definition) is 1. The van der Waals surface area contributed by atoms with E-state index in [0.717, 1.165) is 19.3 Å². The SMILES string of the molecule is CCCC(O)C(CC)c1ccccc1. The Morgan fingerprint density at radius 2 is 1.79 bits per heavy atom. The van der Waals surface area contributed by atoms with Crippen LogP contribution in [-0.2, 0) is 0 Å². The molecule has 0 saturated carbocycles. The van der Waals surface area contributed by atoms with Crippen molar-refractivity contribution in [2.45, 2.75) is 45.1 Å². The summed E-state index contributed by atoms with van der Waals surface area (Å²) in [6, 6.07) is 10.3. The summed E-state index contributed by atoms with van der Waals surface area (Å²) in [7, 11) is 0. The highest BCUT2D eigenvalue weighted by Crippen LogP contribution is 2.25. The average Bonchev–Trinajstić information content (AvgIpc) is 2.21. The molecule has 2 atom stereocenters. The number of hydrogen-bond donors (Lipinski definition) is 1. The van der Waals surface area contributed by atoms with Gasteiger partial charge in [0, 0.05) is 5.92 Å². The molecule has 0 heterocycles. The summed E-state index contributed by atoms with van der Waals surface area (Å²) in [6.45, 7) is 4.25. The molecule has 0 spiro atoms. The molecule has 14 heavy (non-hydrogen) atoms. The van der Waals surface area contributed by atoms with Gasteiger partial charge in [0.1, 0.15) is 0 Å². The van der Waals surface area contributed by atoms with Crippen molar-refractivity contribution >= 4 is 0 Å². The van der Waals surface area contributed by atoms with E-state index in [-0.39, 0.29) is 6.10 Å². The zero-order valence-electron chi connectivity index (χ0n) is 9.11. The first-order valence-electron chi connectivity index (χ1n) is 5.52. The van der Waals surface area contributed by atoms with Gasteiger partial charge in [-0.3, -0.25) is 0 Å². The zero-order chi connectivity index (χ0) is 10.4. The highest BCUT2D eigenvalue weighted by Gasteiger charge is 2.17. The fraction of sp³-hybridized carbons (Fsp3) is 0.538. The third-order valence-corrected chi connectivity index (χ3v) is 2.72. The number of benzene rings is 1. The van der Waals surface area contributed by atoms with Crippen molar-refractivity contribution in [3.63, 3.8) is 0 Å². The summed E-state index contributed by atoms with van der Waals surface area (Å²) >= 11 is 0. The van der Waals surface area contributed by atoms with Crippen molar-refractivity contribution in [1.82, 2.24) is 0 Å². The molecule has 0 aliphatic heterocycles. The van der Waals surface area contributed by atoms with Crippen LogP contribution in [0.25, 0.3) is 0 Å². The Morgan fingerprint density at radius 1 is 1.14 bits per heavy atom. The Balaban J connectivity index is 2.71. The molecule has 0 bridgehead atoms. The van der Waals surface area contributed by atoms with Crippen LogP contribution in [0.4, 0.5) is 0 Å². The summed E-state index contributed by atoms with van der Waals surface area (Å²) < 4.78 is 0. The molecule has 0 aliphatic carbocycles. The smallest absolute Gasteiger partial charge is 0.0608 e. The highest BCUT2D eigenvalue weighted by molar-refractivity contribution is 5.20. The van der Waals surface area contributed by atoms with Crippen LogP contribution in [0.2, 0.25) is 0 Å². The van der Waals surface area contributed by atoms with Gasteiger partial charge in [0.25, 0.3) is 0 Å². The van der Waals surface area contributed by atoms with Gasteiger partial charge in [-0.25, -0.2) is 0 Å². The number of aliphatic hydroxyl groups is 1. The van der Waals surface area contributed by atoms with Crippen LogP contribution < -0.4 is 0 Å². The lowest BCUT2D eigenvalue weighted by Gasteiger charge is -2.21. The van der Waals surface area contributed by atoms with Crippen LogP contribution in [0, 0.1) is 0 Å². The summed E-state index contributed by atoms with van der Waals surface area (Å²) in [4.78, 5) is 0. The van der Waals surface area contributed by atoms with Gasteiger partial charge in [0.05, 0.1) is 6.10 Å². The molecule has 0 fully saturated rings. The van der Waals surface area contributed by atoms with E-state index in [9.17, 15) is 5.11 Å². The van der Waals surface area contributed by atoms with Crippen molar-refractivity contribution in [3.8, 4) is 0 Å². The van der Waals surface area contributed by atoms with Gasteiger partial charge >= 0.3 is 0 Å². The molecule has 78 valence electrons. The quantitative estimate of drug-likeness (QED) is 0.758. The van der Waals surface area contributed by atoms with E-state index in [0.29, 0.717) is 5.92 Å². The van der Waals surface area contributed by atoms with E-state index < -0.39 is 0 Å².